The molecule has 2 heteroatoms. The zero-order valence-corrected chi connectivity index (χ0v) is 8.29. The lowest BCUT2D eigenvalue weighted by Crippen LogP contribution is -2.20. The zero-order valence-electron chi connectivity index (χ0n) is 8.29. The summed E-state index contributed by atoms with van der Waals surface area (Å²) >= 11 is 0. The SMILES string of the molecule is Cc1ccc(N)c(C(C)(C)C=O)c1.[HH]. The van der Waals surface area contributed by atoms with E-state index >= 15 is 0 Å². The monoisotopic (exact) mass is 179 g/mol. The van der Waals surface area contributed by atoms with Gasteiger partial charge in [0.15, 0.2) is 0 Å². The normalized spacial score (nSPS) is 11.3. The molecule has 2 N–H and O–H groups in total. The van der Waals surface area contributed by atoms with Crippen molar-refractivity contribution in [3.63, 3.8) is 0 Å². The van der Waals surface area contributed by atoms with E-state index in [9.17, 15) is 4.79 Å². The summed E-state index contributed by atoms with van der Waals surface area (Å²) in [5.74, 6) is 0. The average Bonchev–Trinajstić information content (AvgIpc) is 2.09. The van der Waals surface area contributed by atoms with Crippen LogP contribution in [0.3, 0.4) is 0 Å². The molecule has 0 amide bonds. The number of anilines is 1. The van der Waals surface area contributed by atoms with Crippen LogP contribution in [0, 0.1) is 6.92 Å². The Morgan fingerprint density at radius 2 is 2.08 bits per heavy atom. The van der Waals surface area contributed by atoms with Gasteiger partial charge in [0.25, 0.3) is 0 Å². The summed E-state index contributed by atoms with van der Waals surface area (Å²) in [6.45, 7) is 5.72. The van der Waals surface area contributed by atoms with Crippen LogP contribution in [-0.4, -0.2) is 6.29 Å². The lowest BCUT2D eigenvalue weighted by Gasteiger charge is -2.20. The van der Waals surface area contributed by atoms with Gasteiger partial charge in [-0.15, -0.1) is 0 Å². The fourth-order valence-electron chi connectivity index (χ4n) is 1.29. The first-order valence-corrected chi connectivity index (χ1v) is 4.30. The van der Waals surface area contributed by atoms with Crippen molar-refractivity contribution < 1.29 is 6.22 Å². The van der Waals surface area contributed by atoms with Crippen molar-refractivity contribution >= 4 is 12.0 Å². The lowest BCUT2D eigenvalue weighted by atomic mass is 9.84. The summed E-state index contributed by atoms with van der Waals surface area (Å²) < 4.78 is 0. The molecule has 0 radical (unpaired) electrons. The van der Waals surface area contributed by atoms with E-state index in [-0.39, 0.29) is 1.43 Å². The minimum atomic E-state index is -0.490. The van der Waals surface area contributed by atoms with Crippen LogP contribution in [0.5, 0.6) is 0 Å². The van der Waals surface area contributed by atoms with Crippen molar-refractivity contribution in [1.82, 2.24) is 0 Å². The van der Waals surface area contributed by atoms with Gasteiger partial charge >= 0.3 is 0 Å². The maximum Gasteiger partial charge on any atom is 0.130 e. The van der Waals surface area contributed by atoms with Crippen LogP contribution in [0.25, 0.3) is 0 Å². The van der Waals surface area contributed by atoms with Gasteiger partial charge in [0.05, 0.1) is 0 Å². The third-order valence-electron chi connectivity index (χ3n) is 2.20. The molecule has 0 unspecified atom stereocenters. The largest absolute Gasteiger partial charge is 0.398 e. The van der Waals surface area contributed by atoms with Crippen LogP contribution in [0.1, 0.15) is 26.4 Å². The smallest absolute Gasteiger partial charge is 0.130 e. The number of nitrogen functional groups attached to an aromatic ring is 1. The standard InChI is InChI=1S/C11H15NO.H2/c1-8-4-5-10(12)9(6-8)11(2,3)7-13;/h4-7H,12H2,1-3H3;1H. The van der Waals surface area contributed by atoms with Gasteiger partial charge in [-0.25, -0.2) is 0 Å². The minimum Gasteiger partial charge on any atom is -0.398 e. The number of carbonyl (C=O) groups is 1. The molecule has 0 bridgehead atoms. The van der Waals surface area contributed by atoms with Crippen LogP contribution < -0.4 is 5.73 Å². The summed E-state index contributed by atoms with van der Waals surface area (Å²) in [6.07, 6.45) is 0.929. The highest BCUT2D eigenvalue weighted by Crippen LogP contribution is 2.27. The van der Waals surface area contributed by atoms with Crippen molar-refractivity contribution in [2.45, 2.75) is 26.2 Å². The van der Waals surface area contributed by atoms with Gasteiger partial charge in [0, 0.05) is 12.5 Å². The van der Waals surface area contributed by atoms with Crippen molar-refractivity contribution in [1.29, 1.82) is 0 Å². The van der Waals surface area contributed by atoms with E-state index < -0.39 is 5.41 Å². The first-order chi connectivity index (χ1) is 5.97. The summed E-state index contributed by atoms with van der Waals surface area (Å²) in [7, 11) is 0. The van der Waals surface area contributed by atoms with Gasteiger partial charge in [-0.3, -0.25) is 0 Å². The molecular formula is C11H17NO. The van der Waals surface area contributed by atoms with Gasteiger partial charge < -0.3 is 10.5 Å². The van der Waals surface area contributed by atoms with Gasteiger partial charge in [-0.1, -0.05) is 17.7 Å². The molecule has 2 nitrogen and oxygen atoms in total. The predicted octanol–water partition coefficient (Wildman–Crippen LogP) is 2.30. The molecule has 0 saturated carbocycles. The molecule has 0 saturated heterocycles. The number of aryl methyl sites for hydroxylation is 1. The van der Waals surface area contributed by atoms with Crippen molar-refractivity contribution in [2.75, 3.05) is 5.73 Å². The Kier molecular flexibility index (Phi) is 2.41. The summed E-state index contributed by atoms with van der Waals surface area (Å²) in [4.78, 5) is 10.8. The molecule has 1 aromatic carbocycles. The second kappa shape index (κ2) is 3.21. The Balaban J connectivity index is 0.00000169. The quantitative estimate of drug-likeness (QED) is 0.559. The third-order valence-corrected chi connectivity index (χ3v) is 2.20. The fraction of sp³-hybridized carbons (Fsp3) is 0.364. The van der Waals surface area contributed by atoms with Crippen molar-refractivity contribution in [2.24, 2.45) is 0 Å². The second-order valence-electron chi connectivity index (χ2n) is 3.93. The highest BCUT2D eigenvalue weighted by molar-refractivity contribution is 5.72. The van der Waals surface area contributed by atoms with Gasteiger partial charge in [0.2, 0.25) is 0 Å². The number of carbonyl (C=O) groups excluding carboxylic acids is 1. The number of nitrogens with two attached hydrogens (primary N) is 1. The van der Waals surface area contributed by atoms with Crippen LogP contribution in [0.4, 0.5) is 5.69 Å². The average molecular weight is 179 g/mol. The lowest BCUT2D eigenvalue weighted by molar-refractivity contribution is -0.111. The molecule has 0 atom stereocenters. The molecule has 0 aliphatic carbocycles. The number of benzene rings is 1. The Hall–Kier alpha value is -1.31. The molecule has 0 aromatic heterocycles. The minimum absolute atomic E-state index is 0. The highest BCUT2D eigenvalue weighted by atomic mass is 16.1. The Bertz CT molecular complexity index is 334. The van der Waals surface area contributed by atoms with Gasteiger partial charge in [-0.2, -0.15) is 0 Å². The van der Waals surface area contributed by atoms with E-state index in [2.05, 4.69) is 0 Å². The van der Waals surface area contributed by atoms with E-state index in [0.29, 0.717) is 5.69 Å². The van der Waals surface area contributed by atoms with E-state index in [1.54, 1.807) is 0 Å². The van der Waals surface area contributed by atoms with Gasteiger partial charge in [0.1, 0.15) is 6.29 Å². The topological polar surface area (TPSA) is 43.1 Å². The summed E-state index contributed by atoms with van der Waals surface area (Å²) in [5, 5.41) is 0. The predicted molar refractivity (Wildman–Crippen MR) is 56.8 cm³/mol. The first-order valence-electron chi connectivity index (χ1n) is 4.30. The molecular weight excluding hydrogens is 162 g/mol. The summed E-state index contributed by atoms with van der Waals surface area (Å²) in [6, 6.07) is 5.75. The molecule has 0 aliphatic rings. The van der Waals surface area contributed by atoms with E-state index in [1.807, 2.05) is 39.0 Å². The molecule has 1 rings (SSSR count). The molecule has 0 aliphatic heterocycles. The van der Waals surface area contributed by atoms with Crippen LogP contribution in [0.2, 0.25) is 0 Å². The molecule has 0 fully saturated rings. The molecule has 13 heavy (non-hydrogen) atoms. The Morgan fingerprint density at radius 1 is 1.46 bits per heavy atom. The van der Waals surface area contributed by atoms with Crippen LogP contribution in [-0.2, 0) is 10.2 Å². The van der Waals surface area contributed by atoms with Crippen LogP contribution in [0.15, 0.2) is 18.2 Å². The first kappa shape index (κ1) is 9.78. The second-order valence-corrected chi connectivity index (χ2v) is 3.93. The highest BCUT2D eigenvalue weighted by Gasteiger charge is 2.21. The van der Waals surface area contributed by atoms with E-state index in [0.717, 1.165) is 17.4 Å². The summed E-state index contributed by atoms with van der Waals surface area (Å²) in [5.41, 5.74) is 8.01. The number of rotatable bonds is 2. The molecule has 72 valence electrons. The van der Waals surface area contributed by atoms with Crippen LogP contribution >= 0.6 is 0 Å². The van der Waals surface area contributed by atoms with E-state index in [4.69, 9.17) is 5.73 Å². The maximum atomic E-state index is 10.8. The van der Waals surface area contributed by atoms with Crippen molar-refractivity contribution in [3.8, 4) is 0 Å². The molecule has 0 heterocycles. The number of aldehydes is 1. The zero-order chi connectivity index (χ0) is 10.1. The number of hydrogen-bond donors (Lipinski definition) is 1. The van der Waals surface area contributed by atoms with E-state index in [1.165, 1.54) is 0 Å². The number of hydrogen-bond acceptors (Lipinski definition) is 2. The molecule has 0 spiro atoms. The maximum absolute atomic E-state index is 10.8. The Labute approximate surface area is 80.2 Å². The third kappa shape index (κ3) is 1.89. The Morgan fingerprint density at radius 3 is 2.62 bits per heavy atom. The van der Waals surface area contributed by atoms with Gasteiger partial charge in [-0.05, 0) is 32.4 Å². The fourth-order valence-corrected chi connectivity index (χ4v) is 1.29. The molecule has 1 aromatic rings. The van der Waals surface area contributed by atoms with Crippen molar-refractivity contribution in [3.05, 3.63) is 29.3 Å².